The molecule has 0 radical (unpaired) electrons. The third-order valence-electron chi connectivity index (χ3n) is 3.47. The summed E-state index contributed by atoms with van der Waals surface area (Å²) < 4.78 is 1.10. The fraction of sp³-hybridized carbons (Fsp3) is 0.294. The molecule has 0 heterocycles. The lowest BCUT2D eigenvalue weighted by Gasteiger charge is -2.15. The predicted octanol–water partition coefficient (Wildman–Crippen LogP) is 5.90. The first-order valence-electron chi connectivity index (χ1n) is 6.43. The Balaban J connectivity index is 2.25. The van der Waals surface area contributed by atoms with Crippen molar-refractivity contribution in [1.29, 1.82) is 0 Å². The Bertz CT molecular complexity index is 590. The highest BCUT2D eigenvalue weighted by molar-refractivity contribution is 9.10. The van der Waals surface area contributed by atoms with E-state index in [1.165, 1.54) is 27.8 Å². The van der Waals surface area contributed by atoms with Crippen LogP contribution in [0.4, 0.5) is 0 Å². The maximum atomic E-state index is 6.61. The van der Waals surface area contributed by atoms with Crippen LogP contribution >= 0.6 is 27.5 Å². The van der Waals surface area contributed by atoms with Gasteiger partial charge >= 0.3 is 0 Å². The smallest absolute Gasteiger partial charge is 0.0628 e. The van der Waals surface area contributed by atoms with E-state index < -0.39 is 0 Å². The molecule has 1 unspecified atom stereocenters. The molecule has 2 aromatic carbocycles. The SMILES string of the molecule is Cc1ccc(C)c(CC(Cl)c2ccc(Br)cc2C)c1. The molecule has 0 amide bonds. The van der Waals surface area contributed by atoms with Crippen LogP contribution in [0.5, 0.6) is 0 Å². The highest BCUT2D eigenvalue weighted by Crippen LogP contribution is 2.30. The quantitative estimate of drug-likeness (QED) is 0.612. The zero-order chi connectivity index (χ0) is 14.0. The molecule has 0 spiro atoms. The van der Waals surface area contributed by atoms with Gasteiger partial charge in [-0.3, -0.25) is 0 Å². The van der Waals surface area contributed by atoms with Gasteiger partial charge in [-0.25, -0.2) is 0 Å². The molecule has 19 heavy (non-hydrogen) atoms. The van der Waals surface area contributed by atoms with Crippen molar-refractivity contribution in [1.82, 2.24) is 0 Å². The average Bonchev–Trinajstić information content (AvgIpc) is 2.33. The fourth-order valence-electron chi connectivity index (χ4n) is 2.31. The first-order chi connectivity index (χ1) is 8.97. The Kier molecular flexibility index (Phi) is 4.70. The molecule has 0 bridgehead atoms. The van der Waals surface area contributed by atoms with Crippen molar-refractivity contribution < 1.29 is 0 Å². The van der Waals surface area contributed by atoms with E-state index in [-0.39, 0.29) is 5.38 Å². The summed E-state index contributed by atoms with van der Waals surface area (Å²) in [6.07, 6.45) is 0.873. The molecule has 100 valence electrons. The van der Waals surface area contributed by atoms with Crippen LogP contribution in [0.2, 0.25) is 0 Å². The van der Waals surface area contributed by atoms with Gasteiger partial charge in [0.15, 0.2) is 0 Å². The molecular weight excluding hydrogens is 320 g/mol. The summed E-state index contributed by atoms with van der Waals surface area (Å²) in [6, 6.07) is 12.8. The molecule has 2 aromatic rings. The van der Waals surface area contributed by atoms with E-state index in [0.29, 0.717) is 0 Å². The minimum absolute atomic E-state index is 0.0219. The molecule has 0 saturated heterocycles. The molecule has 2 rings (SSSR count). The first kappa shape index (κ1) is 14.6. The van der Waals surface area contributed by atoms with E-state index in [1.54, 1.807) is 0 Å². The van der Waals surface area contributed by atoms with Crippen LogP contribution in [-0.4, -0.2) is 0 Å². The highest BCUT2D eigenvalue weighted by atomic mass is 79.9. The van der Waals surface area contributed by atoms with Crippen LogP contribution in [-0.2, 0) is 6.42 Å². The molecule has 0 nitrogen and oxygen atoms in total. The largest absolute Gasteiger partial charge is 0.117 e. The molecule has 0 saturated carbocycles. The second-order valence-electron chi connectivity index (χ2n) is 5.10. The molecule has 0 aliphatic heterocycles. The molecule has 0 aliphatic carbocycles. The van der Waals surface area contributed by atoms with Gasteiger partial charge in [-0.2, -0.15) is 0 Å². The van der Waals surface area contributed by atoms with E-state index in [4.69, 9.17) is 11.6 Å². The van der Waals surface area contributed by atoms with Gasteiger partial charge in [0, 0.05) is 4.47 Å². The second kappa shape index (κ2) is 6.11. The zero-order valence-corrected chi connectivity index (χ0v) is 13.8. The van der Waals surface area contributed by atoms with Crippen molar-refractivity contribution in [2.45, 2.75) is 32.6 Å². The number of alkyl halides is 1. The molecule has 1 atom stereocenters. The van der Waals surface area contributed by atoms with Crippen molar-refractivity contribution in [3.8, 4) is 0 Å². The van der Waals surface area contributed by atoms with Gasteiger partial charge in [-0.15, -0.1) is 11.6 Å². The molecule has 2 heteroatoms. The number of aryl methyl sites for hydroxylation is 3. The van der Waals surface area contributed by atoms with Crippen LogP contribution in [0, 0.1) is 20.8 Å². The number of hydrogen-bond donors (Lipinski definition) is 0. The van der Waals surface area contributed by atoms with Gasteiger partial charge in [0.1, 0.15) is 0 Å². The van der Waals surface area contributed by atoms with E-state index in [9.17, 15) is 0 Å². The Hall–Kier alpha value is -0.790. The van der Waals surface area contributed by atoms with Crippen LogP contribution in [0.25, 0.3) is 0 Å². The highest BCUT2D eigenvalue weighted by Gasteiger charge is 2.13. The second-order valence-corrected chi connectivity index (χ2v) is 6.55. The van der Waals surface area contributed by atoms with Crippen LogP contribution in [0.3, 0.4) is 0 Å². The minimum Gasteiger partial charge on any atom is -0.117 e. The van der Waals surface area contributed by atoms with Crippen molar-refractivity contribution in [2.24, 2.45) is 0 Å². The molecule has 0 fully saturated rings. The summed E-state index contributed by atoms with van der Waals surface area (Å²) in [6.45, 7) is 6.38. The van der Waals surface area contributed by atoms with Crippen molar-refractivity contribution in [2.75, 3.05) is 0 Å². The van der Waals surface area contributed by atoms with Gasteiger partial charge in [0.05, 0.1) is 5.38 Å². The monoisotopic (exact) mass is 336 g/mol. The predicted molar refractivity (Wildman–Crippen MR) is 87.1 cm³/mol. The molecule has 0 aliphatic rings. The van der Waals surface area contributed by atoms with E-state index in [0.717, 1.165) is 10.9 Å². The molecule has 0 N–H and O–H groups in total. The van der Waals surface area contributed by atoms with Crippen molar-refractivity contribution in [3.63, 3.8) is 0 Å². The van der Waals surface area contributed by atoms with Gasteiger partial charge in [0.2, 0.25) is 0 Å². The summed E-state index contributed by atoms with van der Waals surface area (Å²) in [7, 11) is 0. The van der Waals surface area contributed by atoms with E-state index in [2.05, 4.69) is 73.1 Å². The average molecular weight is 338 g/mol. The topological polar surface area (TPSA) is 0 Å². The van der Waals surface area contributed by atoms with Gasteiger partial charge in [0.25, 0.3) is 0 Å². The summed E-state index contributed by atoms with van der Waals surface area (Å²) in [4.78, 5) is 0. The van der Waals surface area contributed by atoms with Crippen LogP contribution < -0.4 is 0 Å². The molecule has 0 aromatic heterocycles. The zero-order valence-electron chi connectivity index (χ0n) is 11.5. The minimum atomic E-state index is 0.0219. The number of hydrogen-bond acceptors (Lipinski definition) is 0. The normalized spacial score (nSPS) is 12.5. The lowest BCUT2D eigenvalue weighted by molar-refractivity contribution is 0.899. The van der Waals surface area contributed by atoms with Crippen LogP contribution in [0.1, 0.15) is 33.2 Å². The Morgan fingerprint density at radius 3 is 2.42 bits per heavy atom. The van der Waals surface area contributed by atoms with Gasteiger partial charge in [-0.1, -0.05) is 45.8 Å². The van der Waals surface area contributed by atoms with Crippen molar-refractivity contribution >= 4 is 27.5 Å². The lowest BCUT2D eigenvalue weighted by Crippen LogP contribution is -2.00. The third kappa shape index (κ3) is 3.61. The van der Waals surface area contributed by atoms with Gasteiger partial charge < -0.3 is 0 Å². The number of benzene rings is 2. The number of halogens is 2. The first-order valence-corrected chi connectivity index (χ1v) is 7.66. The fourth-order valence-corrected chi connectivity index (χ4v) is 3.20. The van der Waals surface area contributed by atoms with E-state index in [1.807, 2.05) is 0 Å². The lowest BCUT2D eigenvalue weighted by atomic mass is 9.96. The van der Waals surface area contributed by atoms with Crippen LogP contribution in [0.15, 0.2) is 40.9 Å². The maximum absolute atomic E-state index is 6.61. The summed E-state index contributed by atoms with van der Waals surface area (Å²) in [5.41, 5.74) is 6.38. The number of rotatable bonds is 3. The third-order valence-corrected chi connectivity index (χ3v) is 4.36. The van der Waals surface area contributed by atoms with E-state index >= 15 is 0 Å². The maximum Gasteiger partial charge on any atom is 0.0628 e. The summed E-state index contributed by atoms with van der Waals surface area (Å²) >= 11 is 10.1. The molecular formula is C17H18BrCl. The van der Waals surface area contributed by atoms with Crippen molar-refractivity contribution in [3.05, 3.63) is 68.7 Å². The standard InChI is InChI=1S/C17H18BrCl/c1-11-4-5-12(2)14(8-11)10-17(19)16-7-6-15(18)9-13(16)3/h4-9,17H,10H2,1-3H3. The Morgan fingerprint density at radius 2 is 1.74 bits per heavy atom. The van der Waals surface area contributed by atoms with Gasteiger partial charge in [-0.05, 0) is 61.6 Å². The summed E-state index contributed by atoms with van der Waals surface area (Å²) in [5, 5.41) is 0.0219. The summed E-state index contributed by atoms with van der Waals surface area (Å²) in [5.74, 6) is 0. The Morgan fingerprint density at radius 1 is 1.00 bits per heavy atom. The Labute approximate surface area is 128 Å².